The molecule has 0 aromatic carbocycles. The predicted molar refractivity (Wildman–Crippen MR) is 36.0 cm³/mol. The summed E-state index contributed by atoms with van der Waals surface area (Å²) in [6.45, 7) is 3.95. The zero-order chi connectivity index (χ0) is 6.85. The highest BCUT2D eigenvalue weighted by Crippen LogP contribution is 2.11. The topological polar surface area (TPSA) is 23.5 Å². The van der Waals surface area contributed by atoms with E-state index >= 15 is 0 Å². The number of allylic oxidation sites excluding steroid dienone is 2. The van der Waals surface area contributed by atoms with Crippen molar-refractivity contribution in [3.05, 3.63) is 23.9 Å². The average Bonchev–Trinajstić information content (AvgIpc) is 1.83. The van der Waals surface area contributed by atoms with Gasteiger partial charge in [0, 0.05) is 6.20 Å². The Labute approximate surface area is 55.1 Å². The largest absolute Gasteiger partial charge is 0.288 e. The molecule has 0 aliphatic carbocycles. The lowest BCUT2D eigenvalue weighted by molar-refractivity contribution is -0.0637. The quantitative estimate of drug-likeness (QED) is 0.530. The minimum absolute atomic E-state index is 0.134. The molecule has 1 heterocycles. The van der Waals surface area contributed by atoms with E-state index in [4.69, 9.17) is 5.21 Å². The molecule has 1 rings (SSSR count). The van der Waals surface area contributed by atoms with Crippen molar-refractivity contribution in [2.45, 2.75) is 19.9 Å². The Morgan fingerprint density at radius 3 is 2.78 bits per heavy atom. The lowest BCUT2D eigenvalue weighted by Gasteiger charge is -2.23. The second kappa shape index (κ2) is 2.23. The van der Waals surface area contributed by atoms with E-state index in [0.717, 1.165) is 0 Å². The van der Waals surface area contributed by atoms with Crippen LogP contribution in [-0.2, 0) is 0 Å². The van der Waals surface area contributed by atoms with Crippen LogP contribution >= 0.6 is 0 Å². The number of hydroxylamine groups is 2. The van der Waals surface area contributed by atoms with Crippen molar-refractivity contribution in [1.29, 1.82) is 0 Å². The summed E-state index contributed by atoms with van der Waals surface area (Å²) in [4.78, 5) is 0. The van der Waals surface area contributed by atoms with Crippen LogP contribution in [0.1, 0.15) is 13.8 Å². The summed E-state index contributed by atoms with van der Waals surface area (Å²) < 4.78 is 0. The van der Waals surface area contributed by atoms with Gasteiger partial charge in [0.1, 0.15) is 0 Å². The molecule has 0 bridgehead atoms. The van der Waals surface area contributed by atoms with Gasteiger partial charge in [-0.2, -0.15) is 0 Å². The van der Waals surface area contributed by atoms with E-state index in [1.807, 2.05) is 26.0 Å². The fourth-order valence-electron chi connectivity index (χ4n) is 0.760. The molecule has 0 amide bonds. The molecule has 1 aliphatic rings. The van der Waals surface area contributed by atoms with E-state index in [2.05, 4.69) is 0 Å². The second-order valence-corrected chi connectivity index (χ2v) is 2.31. The van der Waals surface area contributed by atoms with E-state index in [-0.39, 0.29) is 6.04 Å². The Morgan fingerprint density at radius 2 is 2.33 bits per heavy atom. The maximum Gasteiger partial charge on any atom is 0.0738 e. The van der Waals surface area contributed by atoms with Crippen LogP contribution in [0.2, 0.25) is 0 Å². The van der Waals surface area contributed by atoms with Crippen LogP contribution in [0.5, 0.6) is 0 Å². The van der Waals surface area contributed by atoms with Crippen LogP contribution in [0, 0.1) is 0 Å². The zero-order valence-electron chi connectivity index (χ0n) is 5.70. The van der Waals surface area contributed by atoms with Gasteiger partial charge < -0.3 is 0 Å². The molecule has 1 aliphatic heterocycles. The van der Waals surface area contributed by atoms with Gasteiger partial charge in [-0.3, -0.25) is 10.3 Å². The molecule has 0 fully saturated rings. The fraction of sp³-hybridized carbons (Fsp3) is 0.429. The Kier molecular flexibility index (Phi) is 1.58. The number of hydrogen-bond donors (Lipinski definition) is 1. The van der Waals surface area contributed by atoms with Gasteiger partial charge in [0.25, 0.3) is 0 Å². The van der Waals surface area contributed by atoms with Gasteiger partial charge in [0.15, 0.2) is 0 Å². The maximum atomic E-state index is 9.05. The van der Waals surface area contributed by atoms with Crippen LogP contribution in [0.3, 0.4) is 0 Å². The summed E-state index contributed by atoms with van der Waals surface area (Å²) in [5.74, 6) is 0. The maximum absolute atomic E-state index is 9.05. The minimum atomic E-state index is 0.134. The first-order valence-electron chi connectivity index (χ1n) is 3.04. The lowest BCUT2D eigenvalue weighted by Crippen LogP contribution is -2.27. The summed E-state index contributed by atoms with van der Waals surface area (Å²) in [6, 6.07) is 0.134. The molecular formula is C7H11NO. The van der Waals surface area contributed by atoms with Crippen molar-refractivity contribution in [1.82, 2.24) is 5.06 Å². The van der Waals surface area contributed by atoms with Gasteiger partial charge in [-0.25, -0.2) is 0 Å². The van der Waals surface area contributed by atoms with Crippen LogP contribution < -0.4 is 0 Å². The molecule has 9 heavy (non-hydrogen) atoms. The number of nitrogens with zero attached hydrogens (tertiary/aromatic N) is 1. The molecule has 2 heteroatoms. The van der Waals surface area contributed by atoms with E-state index in [1.54, 1.807) is 6.20 Å². The van der Waals surface area contributed by atoms with E-state index in [1.165, 1.54) is 10.6 Å². The molecule has 1 atom stereocenters. The second-order valence-electron chi connectivity index (χ2n) is 2.31. The molecule has 0 aromatic heterocycles. The van der Waals surface area contributed by atoms with Crippen molar-refractivity contribution < 1.29 is 5.21 Å². The predicted octanol–water partition coefficient (Wildman–Crippen LogP) is 1.54. The highest BCUT2D eigenvalue weighted by molar-refractivity contribution is 5.19. The van der Waals surface area contributed by atoms with Crippen LogP contribution in [0.15, 0.2) is 23.9 Å². The van der Waals surface area contributed by atoms with Crippen molar-refractivity contribution in [3.8, 4) is 0 Å². The highest BCUT2D eigenvalue weighted by Gasteiger charge is 2.10. The zero-order valence-corrected chi connectivity index (χ0v) is 5.70. The van der Waals surface area contributed by atoms with Crippen molar-refractivity contribution in [2.75, 3.05) is 0 Å². The average molecular weight is 125 g/mol. The van der Waals surface area contributed by atoms with Crippen molar-refractivity contribution >= 4 is 0 Å². The molecule has 0 saturated heterocycles. The summed E-state index contributed by atoms with van der Waals surface area (Å²) >= 11 is 0. The molecule has 1 unspecified atom stereocenters. The fourth-order valence-corrected chi connectivity index (χ4v) is 0.760. The van der Waals surface area contributed by atoms with Gasteiger partial charge in [-0.1, -0.05) is 6.08 Å². The Balaban J connectivity index is 2.73. The van der Waals surface area contributed by atoms with Gasteiger partial charge in [0.2, 0.25) is 0 Å². The highest BCUT2D eigenvalue weighted by atomic mass is 16.5. The van der Waals surface area contributed by atoms with E-state index < -0.39 is 0 Å². The van der Waals surface area contributed by atoms with Gasteiger partial charge in [-0.05, 0) is 25.5 Å². The SMILES string of the molecule is CC1=CC=CN(O)C1C. The standard InChI is InChI=1S/C7H11NO/c1-6-4-3-5-8(9)7(6)2/h3-5,7,9H,1-2H3. The Bertz CT molecular complexity index is 160. The normalized spacial score (nSPS) is 26.3. The third-order valence-electron chi connectivity index (χ3n) is 1.65. The van der Waals surface area contributed by atoms with Crippen LogP contribution in [-0.4, -0.2) is 16.3 Å². The molecule has 1 N–H and O–H groups in total. The Morgan fingerprint density at radius 1 is 1.67 bits per heavy atom. The summed E-state index contributed by atoms with van der Waals surface area (Å²) in [5.41, 5.74) is 1.18. The first-order chi connectivity index (χ1) is 4.22. The van der Waals surface area contributed by atoms with Gasteiger partial charge in [-0.15, -0.1) is 0 Å². The summed E-state index contributed by atoms with van der Waals surface area (Å²) in [5, 5.41) is 10.3. The molecule has 0 spiro atoms. The number of hydrogen-bond acceptors (Lipinski definition) is 2. The van der Waals surface area contributed by atoms with E-state index in [0.29, 0.717) is 0 Å². The molecule has 50 valence electrons. The van der Waals surface area contributed by atoms with Crippen LogP contribution in [0.25, 0.3) is 0 Å². The molecule has 0 radical (unpaired) electrons. The summed E-state index contributed by atoms with van der Waals surface area (Å²) in [7, 11) is 0. The van der Waals surface area contributed by atoms with E-state index in [9.17, 15) is 0 Å². The third-order valence-corrected chi connectivity index (χ3v) is 1.65. The first kappa shape index (κ1) is 6.36. The van der Waals surface area contributed by atoms with Crippen LogP contribution in [0.4, 0.5) is 0 Å². The molecular weight excluding hydrogens is 114 g/mol. The van der Waals surface area contributed by atoms with Gasteiger partial charge >= 0.3 is 0 Å². The smallest absolute Gasteiger partial charge is 0.0738 e. The lowest BCUT2D eigenvalue weighted by atomic mass is 10.1. The number of rotatable bonds is 0. The third kappa shape index (κ3) is 1.13. The van der Waals surface area contributed by atoms with Gasteiger partial charge in [0.05, 0.1) is 6.04 Å². The monoisotopic (exact) mass is 125 g/mol. The van der Waals surface area contributed by atoms with Crippen molar-refractivity contribution in [3.63, 3.8) is 0 Å². The van der Waals surface area contributed by atoms with Crippen molar-refractivity contribution in [2.24, 2.45) is 0 Å². The first-order valence-corrected chi connectivity index (χ1v) is 3.04. The Hall–Kier alpha value is -0.760. The summed E-state index contributed by atoms with van der Waals surface area (Å²) in [6.07, 6.45) is 5.48. The minimum Gasteiger partial charge on any atom is -0.288 e. The molecule has 2 nitrogen and oxygen atoms in total. The molecule has 0 saturated carbocycles. The molecule has 0 aromatic rings.